The van der Waals surface area contributed by atoms with E-state index in [0.29, 0.717) is 12.8 Å². The first kappa shape index (κ1) is 37.2. The molecule has 0 aliphatic carbocycles. The molecule has 0 radical (unpaired) electrons. The van der Waals surface area contributed by atoms with E-state index >= 15 is 0 Å². The molecule has 0 fully saturated rings. The molecule has 38 heavy (non-hydrogen) atoms. The van der Waals surface area contributed by atoms with Gasteiger partial charge in [-0.05, 0) is 6.42 Å². The lowest BCUT2D eigenvalue weighted by molar-refractivity contribution is -0.913. The summed E-state index contributed by atoms with van der Waals surface area (Å²) in [5.74, 6) is -3.13. The maximum absolute atomic E-state index is 12.7. The van der Waals surface area contributed by atoms with Crippen molar-refractivity contribution < 1.29 is 40.3 Å². The second-order valence-electron chi connectivity index (χ2n) is 12.0. The molecule has 0 aliphatic rings. The second kappa shape index (κ2) is 16.5. The summed E-state index contributed by atoms with van der Waals surface area (Å²) in [6.45, 7) is 4.45. The van der Waals surface area contributed by atoms with Crippen molar-refractivity contribution in [2.24, 2.45) is 5.92 Å². The number of aliphatic carboxylic acids is 1. The van der Waals surface area contributed by atoms with Gasteiger partial charge in [0.1, 0.15) is 0 Å². The molecule has 0 aromatic heterocycles. The Labute approximate surface area is 232 Å². The van der Waals surface area contributed by atoms with Gasteiger partial charge in [0.25, 0.3) is 24.3 Å². The molecule has 11 heteroatoms. The maximum Gasteiger partial charge on any atom is 0.368 e. The normalized spacial score (nSPS) is 15.8. The molecule has 0 saturated carbocycles. The SMILES string of the molecule is CCCCCCCCCCCCCCCCCCC(C)C(C(C)(C(=O)O)[N+](C)(C)C)(S(=O)(=O)O)S(=O)(=O)O. The summed E-state index contributed by atoms with van der Waals surface area (Å²) in [5.41, 5.74) is -2.59. The number of unbranched alkanes of at least 4 members (excludes halogenated alkanes) is 15. The predicted molar refractivity (Wildman–Crippen MR) is 153 cm³/mol. The van der Waals surface area contributed by atoms with Gasteiger partial charge in [0.15, 0.2) is 0 Å². The Morgan fingerprint density at radius 2 is 0.974 bits per heavy atom. The van der Waals surface area contributed by atoms with Gasteiger partial charge in [0.05, 0.1) is 21.1 Å². The Morgan fingerprint density at radius 3 is 1.21 bits per heavy atom. The summed E-state index contributed by atoms with van der Waals surface area (Å²) in [7, 11) is -7.19. The molecule has 2 unspecified atom stereocenters. The third-order valence-corrected chi connectivity index (χ3v) is 12.7. The van der Waals surface area contributed by atoms with E-state index in [1.54, 1.807) is 0 Å². The highest BCUT2D eigenvalue weighted by molar-refractivity contribution is 8.05. The zero-order valence-electron chi connectivity index (χ0n) is 24.7. The van der Waals surface area contributed by atoms with Gasteiger partial charge in [-0.3, -0.25) is 9.11 Å². The van der Waals surface area contributed by atoms with Gasteiger partial charge in [0.2, 0.25) is 5.54 Å². The first-order chi connectivity index (χ1) is 17.4. The average molecular weight is 587 g/mol. The minimum Gasteiger partial charge on any atom is -0.477 e. The molecule has 2 atom stereocenters. The number of rotatable bonds is 23. The molecule has 228 valence electrons. The number of hydrogen-bond donors (Lipinski definition) is 3. The van der Waals surface area contributed by atoms with Crippen molar-refractivity contribution in [2.45, 2.75) is 140 Å². The summed E-state index contributed by atoms with van der Waals surface area (Å²) in [6, 6.07) is 0. The highest BCUT2D eigenvalue weighted by Gasteiger charge is 2.78. The largest absolute Gasteiger partial charge is 0.477 e. The Morgan fingerprint density at radius 1 is 0.684 bits per heavy atom. The van der Waals surface area contributed by atoms with Crippen LogP contribution >= 0.6 is 0 Å². The van der Waals surface area contributed by atoms with Crippen LogP contribution in [0, 0.1) is 5.92 Å². The number of quaternary nitrogens is 1. The van der Waals surface area contributed by atoms with E-state index in [-0.39, 0.29) is 6.42 Å². The minimum atomic E-state index is -5.58. The predicted octanol–water partition coefficient (Wildman–Crippen LogP) is 6.30. The number of hydrogen-bond acceptors (Lipinski definition) is 5. The van der Waals surface area contributed by atoms with Gasteiger partial charge in [-0.1, -0.05) is 117 Å². The molecule has 3 N–H and O–H groups in total. The van der Waals surface area contributed by atoms with Gasteiger partial charge in [-0.25, -0.2) is 4.79 Å². The quantitative estimate of drug-likeness (QED) is 0.0718. The van der Waals surface area contributed by atoms with E-state index in [0.717, 1.165) is 26.2 Å². The lowest BCUT2D eigenvalue weighted by Crippen LogP contribution is -2.78. The molecule has 0 saturated heterocycles. The third kappa shape index (κ3) is 9.71. The van der Waals surface area contributed by atoms with Crippen molar-refractivity contribution in [3.8, 4) is 0 Å². The van der Waals surface area contributed by atoms with Crippen LogP contribution in [0.15, 0.2) is 0 Å². The summed E-state index contributed by atoms with van der Waals surface area (Å²) in [6.07, 6.45) is 18.4. The van der Waals surface area contributed by atoms with Crippen molar-refractivity contribution in [3.05, 3.63) is 0 Å². The fourth-order valence-electron chi connectivity index (χ4n) is 5.72. The van der Waals surface area contributed by atoms with Crippen molar-refractivity contribution in [2.75, 3.05) is 21.1 Å². The topological polar surface area (TPSA) is 146 Å². The van der Waals surface area contributed by atoms with Gasteiger partial charge < -0.3 is 9.59 Å². The number of carboxylic acid groups (broad SMARTS) is 1. The van der Waals surface area contributed by atoms with Crippen LogP contribution in [0.2, 0.25) is 0 Å². The van der Waals surface area contributed by atoms with Crippen LogP contribution in [0.1, 0.15) is 130 Å². The lowest BCUT2D eigenvalue weighted by atomic mass is 9.83. The van der Waals surface area contributed by atoms with Crippen LogP contribution < -0.4 is 0 Å². The van der Waals surface area contributed by atoms with E-state index in [4.69, 9.17) is 0 Å². The monoisotopic (exact) mass is 586 g/mol. The molecule has 0 heterocycles. The van der Waals surface area contributed by atoms with E-state index in [2.05, 4.69) is 6.92 Å². The first-order valence-electron chi connectivity index (χ1n) is 14.4. The smallest absolute Gasteiger partial charge is 0.368 e. The first-order valence-corrected chi connectivity index (χ1v) is 17.3. The van der Waals surface area contributed by atoms with Crippen LogP contribution in [0.4, 0.5) is 0 Å². The average Bonchev–Trinajstić information content (AvgIpc) is 2.76. The zero-order valence-corrected chi connectivity index (χ0v) is 26.4. The van der Waals surface area contributed by atoms with Gasteiger partial charge in [-0.15, -0.1) is 0 Å². The minimum absolute atomic E-state index is 0.0148. The Balaban J connectivity index is 4.80. The number of likely N-dealkylation sites (N-methyl/N-ethyl adjacent to an activating group) is 1. The third-order valence-electron chi connectivity index (χ3n) is 8.34. The number of carboxylic acids is 1. The van der Waals surface area contributed by atoms with Crippen LogP contribution in [-0.2, 0) is 25.0 Å². The highest BCUT2D eigenvalue weighted by atomic mass is 32.3. The molecule has 0 aromatic rings. The van der Waals surface area contributed by atoms with Crippen LogP contribution in [0.25, 0.3) is 0 Å². The van der Waals surface area contributed by atoms with Crippen LogP contribution in [-0.4, -0.2) is 72.3 Å². The van der Waals surface area contributed by atoms with Crippen molar-refractivity contribution >= 4 is 26.2 Å². The standard InChI is InChI=1S/C27H55NO8S2/c1-7-8-9-10-11-12-13-14-15-16-17-18-19-20-21-22-23-24(2)27(37(31,32)33,38(34,35)36)26(3,25(29)30)28(4,5)6/h24H,7-23H2,1-6H3,(H2-,29,30,31,32,33,34,35,36)/p+1. The molecular formula is C27H56NO8S2+. The Kier molecular flexibility index (Phi) is 16.2. The van der Waals surface area contributed by atoms with Crippen LogP contribution in [0.5, 0.6) is 0 Å². The zero-order chi connectivity index (χ0) is 29.7. The van der Waals surface area contributed by atoms with Crippen LogP contribution in [0.3, 0.4) is 0 Å². The van der Waals surface area contributed by atoms with Gasteiger partial charge in [0, 0.05) is 12.8 Å². The summed E-state index contributed by atoms with van der Waals surface area (Å²) >= 11 is 0. The highest BCUT2D eigenvalue weighted by Crippen LogP contribution is 2.48. The summed E-state index contributed by atoms with van der Waals surface area (Å²) in [5, 5.41) is 10.0. The van der Waals surface area contributed by atoms with Crippen molar-refractivity contribution in [1.29, 1.82) is 0 Å². The summed E-state index contributed by atoms with van der Waals surface area (Å²) in [4.78, 5) is 12.4. The molecular weight excluding hydrogens is 530 g/mol. The molecule has 0 spiro atoms. The molecule has 0 aliphatic heterocycles. The number of nitrogens with zero attached hydrogens (tertiary/aromatic N) is 1. The van der Waals surface area contributed by atoms with E-state index in [9.17, 15) is 35.8 Å². The molecule has 0 bridgehead atoms. The van der Waals surface area contributed by atoms with E-state index in [1.807, 2.05) is 0 Å². The fourth-order valence-corrected chi connectivity index (χ4v) is 9.76. The molecule has 9 nitrogen and oxygen atoms in total. The Bertz CT molecular complexity index is 865. The summed E-state index contributed by atoms with van der Waals surface area (Å²) < 4.78 is 67.0. The molecule has 0 amide bonds. The van der Waals surface area contributed by atoms with Gasteiger partial charge in [-0.2, -0.15) is 16.8 Å². The van der Waals surface area contributed by atoms with E-state index < -0.39 is 46.2 Å². The van der Waals surface area contributed by atoms with Gasteiger partial charge >= 0.3 is 5.97 Å². The Hall–Kier alpha value is -0.750. The van der Waals surface area contributed by atoms with Crippen molar-refractivity contribution in [3.63, 3.8) is 0 Å². The molecule has 0 rings (SSSR count). The lowest BCUT2D eigenvalue weighted by Gasteiger charge is -2.50. The van der Waals surface area contributed by atoms with E-state index in [1.165, 1.54) is 98.7 Å². The second-order valence-corrected chi connectivity index (χ2v) is 15.4. The maximum atomic E-state index is 12.7. The van der Waals surface area contributed by atoms with Crippen molar-refractivity contribution in [1.82, 2.24) is 0 Å². The number of carbonyl (C=O) groups is 1. The molecule has 0 aromatic carbocycles. The fraction of sp³-hybridized carbons (Fsp3) is 0.963.